The number of rotatable bonds is 6. The minimum Gasteiger partial charge on any atom is -0.490 e. The number of hydrogen-bond donors (Lipinski definition) is 0. The summed E-state index contributed by atoms with van der Waals surface area (Å²) in [7, 11) is 1.51. The average Bonchev–Trinajstić information content (AvgIpc) is 2.60. The van der Waals surface area contributed by atoms with Crippen LogP contribution in [0, 0.1) is 0 Å². The van der Waals surface area contributed by atoms with Crippen LogP contribution in [-0.2, 0) is 5.75 Å². The Balaban J connectivity index is 1.83. The van der Waals surface area contributed by atoms with Crippen molar-refractivity contribution in [2.75, 3.05) is 7.11 Å². The second-order valence-electron chi connectivity index (χ2n) is 5.22. The van der Waals surface area contributed by atoms with E-state index in [0.29, 0.717) is 42.5 Å². The van der Waals surface area contributed by atoms with Crippen LogP contribution in [0.4, 0.5) is 0 Å². The van der Waals surface area contributed by atoms with E-state index < -0.39 is 0 Å². The lowest BCUT2D eigenvalue weighted by atomic mass is 10.2. The van der Waals surface area contributed by atoms with E-state index in [1.54, 1.807) is 36.4 Å². The SMILES string of the molecule is COc1cnc(SCc2c(Cl)cccc2Cl)nc1Oc1cc(Cl)cc(Cl)c1. The topological polar surface area (TPSA) is 44.2 Å². The van der Waals surface area contributed by atoms with Crippen LogP contribution in [0.2, 0.25) is 20.1 Å². The minimum atomic E-state index is 0.249. The third-order valence-electron chi connectivity index (χ3n) is 3.38. The first-order valence-electron chi connectivity index (χ1n) is 7.57. The van der Waals surface area contributed by atoms with E-state index in [4.69, 9.17) is 55.9 Å². The molecule has 3 aromatic rings. The molecule has 0 aliphatic rings. The number of methoxy groups -OCH3 is 1. The van der Waals surface area contributed by atoms with Crippen LogP contribution in [0.25, 0.3) is 0 Å². The fourth-order valence-electron chi connectivity index (χ4n) is 2.13. The van der Waals surface area contributed by atoms with Crippen LogP contribution in [0.3, 0.4) is 0 Å². The first kappa shape index (κ1) is 20.4. The number of nitrogens with zero attached hydrogens (tertiary/aromatic N) is 2. The van der Waals surface area contributed by atoms with Gasteiger partial charge < -0.3 is 9.47 Å². The smallest absolute Gasteiger partial charge is 0.266 e. The van der Waals surface area contributed by atoms with Crippen molar-refractivity contribution in [3.05, 3.63) is 68.2 Å². The summed E-state index contributed by atoms with van der Waals surface area (Å²) in [6, 6.07) is 10.2. The number of hydrogen-bond acceptors (Lipinski definition) is 5. The van der Waals surface area contributed by atoms with Crippen molar-refractivity contribution in [1.82, 2.24) is 9.97 Å². The highest BCUT2D eigenvalue weighted by Gasteiger charge is 2.13. The molecule has 0 saturated heterocycles. The molecule has 0 bridgehead atoms. The molecule has 0 atom stereocenters. The predicted molar refractivity (Wildman–Crippen MR) is 111 cm³/mol. The molecule has 0 saturated carbocycles. The van der Waals surface area contributed by atoms with Gasteiger partial charge >= 0.3 is 0 Å². The maximum Gasteiger partial charge on any atom is 0.266 e. The zero-order chi connectivity index (χ0) is 19.4. The fourth-order valence-corrected chi connectivity index (χ4v) is 4.18. The van der Waals surface area contributed by atoms with Crippen molar-refractivity contribution in [1.29, 1.82) is 0 Å². The zero-order valence-electron chi connectivity index (χ0n) is 13.9. The van der Waals surface area contributed by atoms with Gasteiger partial charge in [-0.1, -0.05) is 64.2 Å². The quantitative estimate of drug-likeness (QED) is 0.287. The summed E-state index contributed by atoms with van der Waals surface area (Å²) in [5, 5.41) is 2.57. The molecule has 0 unspecified atom stereocenters. The first-order valence-corrected chi connectivity index (χ1v) is 10.1. The van der Waals surface area contributed by atoms with Crippen molar-refractivity contribution in [2.24, 2.45) is 0 Å². The number of thioether (sulfide) groups is 1. The molecule has 140 valence electrons. The second-order valence-corrected chi connectivity index (χ2v) is 7.85. The lowest BCUT2D eigenvalue weighted by Crippen LogP contribution is -1.97. The third kappa shape index (κ3) is 5.33. The summed E-state index contributed by atoms with van der Waals surface area (Å²) in [5.41, 5.74) is 0.814. The Morgan fingerprint density at radius 1 is 1.00 bits per heavy atom. The van der Waals surface area contributed by atoms with Crippen molar-refractivity contribution < 1.29 is 9.47 Å². The Kier molecular flexibility index (Phi) is 6.95. The van der Waals surface area contributed by atoms with Crippen molar-refractivity contribution in [3.8, 4) is 17.4 Å². The van der Waals surface area contributed by atoms with Crippen molar-refractivity contribution in [3.63, 3.8) is 0 Å². The summed E-state index contributed by atoms with van der Waals surface area (Å²) in [6.07, 6.45) is 1.53. The molecule has 1 aromatic heterocycles. The largest absolute Gasteiger partial charge is 0.490 e. The van der Waals surface area contributed by atoms with Crippen LogP contribution in [-0.4, -0.2) is 17.1 Å². The molecular weight excluding hydrogens is 450 g/mol. The van der Waals surface area contributed by atoms with Gasteiger partial charge in [-0.25, -0.2) is 4.98 Å². The molecule has 0 radical (unpaired) electrons. The highest BCUT2D eigenvalue weighted by molar-refractivity contribution is 7.98. The van der Waals surface area contributed by atoms with Crippen LogP contribution in [0.5, 0.6) is 17.4 Å². The van der Waals surface area contributed by atoms with E-state index in [1.165, 1.54) is 25.1 Å². The Morgan fingerprint density at radius 3 is 2.30 bits per heavy atom. The summed E-state index contributed by atoms with van der Waals surface area (Å²) in [5.74, 6) is 1.58. The minimum absolute atomic E-state index is 0.249. The molecule has 0 spiro atoms. The van der Waals surface area contributed by atoms with Crippen molar-refractivity contribution in [2.45, 2.75) is 10.9 Å². The summed E-state index contributed by atoms with van der Waals surface area (Å²) in [4.78, 5) is 8.67. The molecule has 0 amide bonds. The lowest BCUT2D eigenvalue weighted by molar-refractivity contribution is 0.363. The Labute approximate surface area is 180 Å². The Morgan fingerprint density at radius 2 is 1.67 bits per heavy atom. The van der Waals surface area contributed by atoms with Crippen LogP contribution >= 0.6 is 58.2 Å². The molecule has 3 rings (SSSR count). The van der Waals surface area contributed by atoms with Crippen molar-refractivity contribution >= 4 is 58.2 Å². The monoisotopic (exact) mass is 460 g/mol. The van der Waals surface area contributed by atoms with Gasteiger partial charge in [-0.05, 0) is 35.9 Å². The number of benzene rings is 2. The molecule has 1 heterocycles. The highest BCUT2D eigenvalue weighted by Crippen LogP contribution is 2.35. The van der Waals surface area contributed by atoms with Gasteiger partial charge in [-0.3, -0.25) is 0 Å². The van der Waals surface area contributed by atoms with Crippen LogP contribution in [0.1, 0.15) is 5.56 Å². The molecule has 27 heavy (non-hydrogen) atoms. The number of aromatic nitrogens is 2. The molecule has 0 N–H and O–H groups in total. The van der Waals surface area contributed by atoms with Gasteiger partial charge in [-0.15, -0.1) is 0 Å². The van der Waals surface area contributed by atoms with E-state index in [0.717, 1.165) is 5.56 Å². The summed E-state index contributed by atoms with van der Waals surface area (Å²) < 4.78 is 11.1. The van der Waals surface area contributed by atoms with Gasteiger partial charge in [0.25, 0.3) is 5.88 Å². The maximum absolute atomic E-state index is 6.20. The highest BCUT2D eigenvalue weighted by atomic mass is 35.5. The van der Waals surface area contributed by atoms with E-state index in [2.05, 4.69) is 9.97 Å². The molecule has 0 fully saturated rings. The van der Waals surface area contributed by atoms with Gasteiger partial charge in [0.15, 0.2) is 10.9 Å². The van der Waals surface area contributed by atoms with E-state index in [1.807, 2.05) is 0 Å². The standard InChI is InChI=1S/C18H12Cl4N2O2S/c1-25-16-8-23-18(27-9-13-14(21)3-2-4-15(13)22)24-17(16)26-12-6-10(19)5-11(20)7-12/h2-8H,9H2,1H3. The van der Waals surface area contributed by atoms with E-state index in [-0.39, 0.29) is 5.88 Å². The third-order valence-corrected chi connectivity index (χ3v) is 5.41. The predicted octanol–water partition coefficient (Wildman–Crippen LogP) is 7.18. The number of ether oxygens (including phenoxy) is 2. The molecular formula is C18H12Cl4N2O2S. The summed E-state index contributed by atoms with van der Waals surface area (Å²) in [6.45, 7) is 0. The molecule has 9 heteroatoms. The summed E-state index contributed by atoms with van der Waals surface area (Å²) >= 11 is 25.8. The van der Waals surface area contributed by atoms with Gasteiger partial charge in [0, 0.05) is 25.8 Å². The van der Waals surface area contributed by atoms with E-state index >= 15 is 0 Å². The Hall–Kier alpha value is -1.37. The molecule has 2 aromatic carbocycles. The first-order chi connectivity index (χ1) is 13.0. The van der Waals surface area contributed by atoms with Crippen LogP contribution in [0.15, 0.2) is 47.8 Å². The molecule has 0 aliphatic carbocycles. The Bertz CT molecular complexity index is 932. The van der Waals surface area contributed by atoms with Gasteiger partial charge in [0.2, 0.25) is 0 Å². The zero-order valence-corrected chi connectivity index (χ0v) is 17.7. The lowest BCUT2D eigenvalue weighted by Gasteiger charge is -2.11. The van der Waals surface area contributed by atoms with Crippen LogP contribution < -0.4 is 9.47 Å². The van der Waals surface area contributed by atoms with Gasteiger partial charge in [0.1, 0.15) is 5.75 Å². The molecule has 0 aliphatic heterocycles. The fraction of sp³-hybridized carbons (Fsp3) is 0.111. The number of halogens is 4. The van der Waals surface area contributed by atoms with E-state index in [9.17, 15) is 0 Å². The van der Waals surface area contributed by atoms with Gasteiger partial charge in [-0.2, -0.15) is 4.98 Å². The maximum atomic E-state index is 6.20. The second kappa shape index (κ2) is 9.22. The normalized spacial score (nSPS) is 10.7. The average molecular weight is 462 g/mol. The van der Waals surface area contributed by atoms with Gasteiger partial charge in [0.05, 0.1) is 13.3 Å². The molecule has 4 nitrogen and oxygen atoms in total.